The average Bonchev–Trinajstić information content (AvgIpc) is 3.19. The van der Waals surface area contributed by atoms with Crippen molar-refractivity contribution in [2.75, 3.05) is 0 Å². The highest BCUT2D eigenvalue weighted by Crippen LogP contribution is 2.27. The molecule has 35 heavy (non-hydrogen) atoms. The first-order valence-corrected chi connectivity index (χ1v) is 11.2. The van der Waals surface area contributed by atoms with E-state index in [1.54, 1.807) is 57.3 Å². The van der Waals surface area contributed by atoms with Crippen LogP contribution in [0.15, 0.2) is 59.5 Å². The van der Waals surface area contributed by atoms with Crippen molar-refractivity contribution >= 4 is 28.4 Å². The Bertz CT molecular complexity index is 1500. The normalized spacial score (nSPS) is 11.7. The maximum Gasteiger partial charge on any atom is 0.277 e. The minimum absolute atomic E-state index is 0.0456. The third-order valence-corrected chi connectivity index (χ3v) is 5.83. The van der Waals surface area contributed by atoms with Crippen molar-refractivity contribution in [3.8, 4) is 11.4 Å². The number of aliphatic hydroxyl groups is 1. The Morgan fingerprint density at radius 1 is 1.11 bits per heavy atom. The number of hydrogen-bond acceptors (Lipinski definition) is 4. The quantitative estimate of drug-likeness (QED) is 0.384. The van der Waals surface area contributed by atoms with Gasteiger partial charge < -0.3 is 9.84 Å². The first-order valence-electron chi connectivity index (χ1n) is 10.8. The molecule has 0 unspecified atom stereocenters. The molecule has 1 N–H and O–H groups in total. The zero-order valence-electron chi connectivity index (χ0n) is 19.3. The lowest BCUT2D eigenvalue weighted by Crippen LogP contribution is -2.26. The second-order valence-electron chi connectivity index (χ2n) is 8.94. The van der Waals surface area contributed by atoms with E-state index in [1.165, 1.54) is 15.2 Å². The molecule has 2 heterocycles. The number of nitrogens with zero attached hydrogens (tertiary/aromatic N) is 2. The van der Waals surface area contributed by atoms with Crippen molar-refractivity contribution in [1.29, 1.82) is 0 Å². The van der Waals surface area contributed by atoms with Crippen LogP contribution in [0.1, 0.15) is 36.3 Å². The zero-order valence-corrected chi connectivity index (χ0v) is 20.1. The fourth-order valence-electron chi connectivity index (χ4n) is 3.84. The van der Waals surface area contributed by atoms with Gasteiger partial charge >= 0.3 is 0 Å². The van der Waals surface area contributed by atoms with Gasteiger partial charge in [-0.2, -0.15) is 0 Å². The number of benzene rings is 2. The first kappa shape index (κ1) is 24.6. The first-order chi connectivity index (χ1) is 16.4. The summed E-state index contributed by atoms with van der Waals surface area (Å²) in [5.41, 5.74) is 0.148. The van der Waals surface area contributed by atoms with Crippen LogP contribution in [0.3, 0.4) is 0 Å². The van der Waals surface area contributed by atoms with Crippen LogP contribution in [0.4, 0.5) is 8.78 Å². The molecule has 182 valence electrons. The number of pyridine rings is 1. The number of ether oxygens (including phenoxy) is 1. The molecule has 0 aliphatic rings. The van der Waals surface area contributed by atoms with Gasteiger partial charge in [0.1, 0.15) is 29.0 Å². The van der Waals surface area contributed by atoms with Gasteiger partial charge in [-0.15, -0.1) is 0 Å². The summed E-state index contributed by atoms with van der Waals surface area (Å²) >= 11 is 6.29. The molecule has 0 spiro atoms. The molecular weight excluding hydrogens is 478 g/mol. The van der Waals surface area contributed by atoms with Crippen molar-refractivity contribution in [2.24, 2.45) is 0 Å². The molecule has 0 atom stereocenters. The highest BCUT2D eigenvalue weighted by atomic mass is 35.5. The van der Waals surface area contributed by atoms with Crippen molar-refractivity contribution in [1.82, 2.24) is 9.13 Å². The number of hydrogen-bond donors (Lipinski definition) is 1. The van der Waals surface area contributed by atoms with Crippen LogP contribution < -0.4 is 10.3 Å². The van der Waals surface area contributed by atoms with Gasteiger partial charge in [0.05, 0.1) is 17.5 Å². The van der Waals surface area contributed by atoms with Gasteiger partial charge in [0.15, 0.2) is 0 Å². The maximum atomic E-state index is 13.9. The van der Waals surface area contributed by atoms with Gasteiger partial charge in [0, 0.05) is 40.7 Å². The zero-order chi connectivity index (χ0) is 25.5. The molecule has 0 radical (unpaired) electrons. The molecule has 0 bridgehead atoms. The molecule has 6 nitrogen and oxygen atoms in total. The molecule has 4 rings (SSSR count). The van der Waals surface area contributed by atoms with Crippen molar-refractivity contribution in [3.05, 3.63) is 93.0 Å². The molecule has 0 aliphatic carbocycles. The van der Waals surface area contributed by atoms with Gasteiger partial charge in [-0.1, -0.05) is 11.6 Å². The molecule has 2 aromatic heterocycles. The van der Waals surface area contributed by atoms with E-state index in [0.717, 1.165) is 17.5 Å². The van der Waals surface area contributed by atoms with Gasteiger partial charge in [-0.3, -0.25) is 18.7 Å². The summed E-state index contributed by atoms with van der Waals surface area (Å²) in [6.07, 6.45) is 1.58. The van der Waals surface area contributed by atoms with Gasteiger partial charge in [0.2, 0.25) is 5.91 Å². The van der Waals surface area contributed by atoms with Crippen LogP contribution in [-0.2, 0) is 6.61 Å². The van der Waals surface area contributed by atoms with E-state index in [1.807, 2.05) is 0 Å². The second-order valence-corrected chi connectivity index (χ2v) is 9.32. The van der Waals surface area contributed by atoms with Crippen LogP contribution in [0.5, 0.6) is 5.75 Å². The number of fused-ring (bicyclic) bond motifs is 1. The average molecular weight is 501 g/mol. The minimum Gasteiger partial charge on any atom is -0.487 e. The predicted octanol–water partition coefficient (Wildman–Crippen LogP) is 5.41. The summed E-state index contributed by atoms with van der Waals surface area (Å²) in [5.74, 6) is -1.63. The van der Waals surface area contributed by atoms with Crippen LogP contribution in [-0.4, -0.2) is 25.7 Å². The summed E-state index contributed by atoms with van der Waals surface area (Å²) in [6.45, 7) is 4.60. The largest absolute Gasteiger partial charge is 0.487 e. The second kappa shape index (κ2) is 9.28. The molecule has 4 aromatic rings. The SMILES string of the molecule is Cc1cc(OCc2ccc(F)cc2F)c(Cl)c(=O)n1-c1ccc2c(ccn2C(=O)CC(C)(C)O)c1. The summed E-state index contributed by atoms with van der Waals surface area (Å²) in [7, 11) is 0. The van der Waals surface area contributed by atoms with Crippen LogP contribution in [0.2, 0.25) is 5.02 Å². The number of aryl methyl sites for hydroxylation is 1. The Labute approximate surface area is 204 Å². The monoisotopic (exact) mass is 500 g/mol. The molecular formula is C26H23ClF2N2O4. The summed E-state index contributed by atoms with van der Waals surface area (Å²) in [6, 6.07) is 11.6. The van der Waals surface area contributed by atoms with E-state index in [2.05, 4.69) is 0 Å². The summed E-state index contributed by atoms with van der Waals surface area (Å²) in [5, 5.41) is 10.5. The molecule has 0 amide bonds. The third-order valence-electron chi connectivity index (χ3n) is 5.48. The van der Waals surface area contributed by atoms with Crippen molar-refractivity contribution in [3.63, 3.8) is 0 Å². The molecule has 2 aromatic carbocycles. The Kier molecular flexibility index (Phi) is 6.53. The Hall–Kier alpha value is -3.49. The number of halogens is 3. The van der Waals surface area contributed by atoms with Gasteiger partial charge in [0.25, 0.3) is 5.56 Å². The maximum absolute atomic E-state index is 13.9. The summed E-state index contributed by atoms with van der Waals surface area (Å²) in [4.78, 5) is 25.6. The van der Waals surface area contributed by atoms with E-state index in [0.29, 0.717) is 16.9 Å². The predicted molar refractivity (Wildman–Crippen MR) is 130 cm³/mol. The molecule has 0 saturated carbocycles. The standard InChI is InChI=1S/C26H23ClF2N2O4/c1-15-10-22(35-14-17-4-5-18(28)12-20(17)29)24(27)25(33)31(15)19-6-7-21-16(11-19)8-9-30(21)23(32)13-26(2,3)34/h4-12,34H,13-14H2,1-3H3. The lowest BCUT2D eigenvalue weighted by atomic mass is 10.1. The molecule has 0 aliphatic heterocycles. The fraction of sp³-hybridized carbons (Fsp3) is 0.231. The minimum atomic E-state index is -1.14. The van der Waals surface area contributed by atoms with Gasteiger partial charge in [-0.05, 0) is 57.2 Å². The van der Waals surface area contributed by atoms with E-state index in [-0.39, 0.29) is 35.3 Å². The number of rotatable bonds is 6. The molecule has 0 fully saturated rings. The highest BCUT2D eigenvalue weighted by molar-refractivity contribution is 6.31. The van der Waals surface area contributed by atoms with E-state index >= 15 is 0 Å². The lowest BCUT2D eigenvalue weighted by Gasteiger charge is -2.17. The Morgan fingerprint density at radius 3 is 2.54 bits per heavy atom. The number of carbonyl (C=O) groups excluding carboxylic acids is 1. The van der Waals surface area contributed by atoms with E-state index in [9.17, 15) is 23.5 Å². The molecule has 9 heteroatoms. The topological polar surface area (TPSA) is 73.5 Å². The van der Waals surface area contributed by atoms with E-state index in [4.69, 9.17) is 16.3 Å². The van der Waals surface area contributed by atoms with Gasteiger partial charge in [-0.25, -0.2) is 8.78 Å². The van der Waals surface area contributed by atoms with Crippen LogP contribution in [0, 0.1) is 18.6 Å². The van der Waals surface area contributed by atoms with Crippen molar-refractivity contribution in [2.45, 2.75) is 39.4 Å². The lowest BCUT2D eigenvalue weighted by molar-refractivity contribution is 0.0533. The van der Waals surface area contributed by atoms with Crippen LogP contribution >= 0.6 is 11.6 Å². The number of aromatic nitrogens is 2. The fourth-order valence-corrected chi connectivity index (χ4v) is 4.04. The third kappa shape index (κ3) is 5.13. The summed E-state index contributed by atoms with van der Waals surface area (Å²) < 4.78 is 35.5. The Morgan fingerprint density at radius 2 is 1.86 bits per heavy atom. The highest BCUT2D eigenvalue weighted by Gasteiger charge is 2.21. The Balaban J connectivity index is 1.65. The number of carbonyl (C=O) groups is 1. The van der Waals surface area contributed by atoms with Crippen LogP contribution in [0.25, 0.3) is 16.6 Å². The van der Waals surface area contributed by atoms with E-state index < -0.39 is 22.8 Å². The smallest absolute Gasteiger partial charge is 0.277 e. The molecule has 0 saturated heterocycles. The van der Waals surface area contributed by atoms with Crippen molar-refractivity contribution < 1.29 is 23.4 Å².